The first-order chi connectivity index (χ1) is 5.61. The zero-order valence-electron chi connectivity index (χ0n) is 7.08. The van der Waals surface area contributed by atoms with Gasteiger partial charge in [-0.05, 0) is 6.92 Å². The zero-order valence-corrected chi connectivity index (χ0v) is 7.08. The highest BCUT2D eigenvalue weighted by Gasteiger charge is 2.13. The molecule has 0 aromatic heterocycles. The Morgan fingerprint density at radius 1 is 1.83 bits per heavy atom. The number of rotatable bonds is 4. The van der Waals surface area contributed by atoms with Gasteiger partial charge in [-0.25, -0.2) is 0 Å². The number of nitrogens with two attached hydrogens (primary N) is 1. The summed E-state index contributed by atoms with van der Waals surface area (Å²) in [5, 5.41) is 11.1. The predicted octanol–water partition coefficient (Wildman–Crippen LogP) is -1.17. The summed E-state index contributed by atoms with van der Waals surface area (Å²) in [5.74, 6) is 1.97. The van der Waals surface area contributed by atoms with E-state index >= 15 is 0 Å². The Labute approximate surface area is 72.1 Å². The fourth-order valence-corrected chi connectivity index (χ4v) is 0.615. The SMILES string of the molecule is C#CCC(N)C(=O)N[C@@H](C)CO. The van der Waals surface area contributed by atoms with Gasteiger partial charge in [0.2, 0.25) is 5.91 Å². The van der Waals surface area contributed by atoms with Crippen LogP contribution in [0.3, 0.4) is 0 Å². The predicted molar refractivity (Wildman–Crippen MR) is 46.1 cm³/mol. The van der Waals surface area contributed by atoms with E-state index in [-0.39, 0.29) is 25.0 Å². The largest absolute Gasteiger partial charge is 0.394 e. The van der Waals surface area contributed by atoms with Gasteiger partial charge in [-0.15, -0.1) is 12.3 Å². The summed E-state index contributed by atoms with van der Waals surface area (Å²) < 4.78 is 0. The van der Waals surface area contributed by atoms with E-state index in [9.17, 15) is 4.79 Å². The second-order valence-electron chi connectivity index (χ2n) is 2.61. The number of terminal acetylenes is 1. The molecule has 0 fully saturated rings. The first kappa shape index (κ1) is 11.0. The average Bonchev–Trinajstić information content (AvgIpc) is 2.04. The Morgan fingerprint density at radius 2 is 2.42 bits per heavy atom. The highest BCUT2D eigenvalue weighted by molar-refractivity contribution is 5.82. The molecule has 0 rings (SSSR count). The van der Waals surface area contributed by atoms with Crippen LogP contribution < -0.4 is 11.1 Å². The van der Waals surface area contributed by atoms with Crippen molar-refractivity contribution >= 4 is 5.91 Å². The molecule has 4 N–H and O–H groups in total. The second-order valence-corrected chi connectivity index (χ2v) is 2.61. The summed E-state index contributed by atoms with van der Waals surface area (Å²) >= 11 is 0. The van der Waals surface area contributed by atoms with E-state index in [4.69, 9.17) is 17.3 Å². The van der Waals surface area contributed by atoms with Gasteiger partial charge in [-0.3, -0.25) is 4.79 Å². The number of amides is 1. The lowest BCUT2D eigenvalue weighted by atomic mass is 10.2. The average molecular weight is 170 g/mol. The highest BCUT2D eigenvalue weighted by Crippen LogP contribution is 1.87. The number of hydrogen-bond donors (Lipinski definition) is 3. The minimum Gasteiger partial charge on any atom is -0.394 e. The Bertz CT molecular complexity index is 186. The number of aliphatic hydroxyl groups is 1. The maximum Gasteiger partial charge on any atom is 0.238 e. The van der Waals surface area contributed by atoms with Crippen LogP contribution in [-0.2, 0) is 4.79 Å². The van der Waals surface area contributed by atoms with Gasteiger partial charge < -0.3 is 16.2 Å². The van der Waals surface area contributed by atoms with Crippen molar-refractivity contribution in [2.75, 3.05) is 6.61 Å². The lowest BCUT2D eigenvalue weighted by Gasteiger charge is -2.13. The molecule has 12 heavy (non-hydrogen) atoms. The lowest BCUT2D eigenvalue weighted by Crippen LogP contribution is -2.45. The molecule has 4 nitrogen and oxygen atoms in total. The van der Waals surface area contributed by atoms with E-state index in [1.165, 1.54) is 0 Å². The van der Waals surface area contributed by atoms with Crippen LogP contribution in [0.4, 0.5) is 0 Å². The van der Waals surface area contributed by atoms with Crippen molar-refractivity contribution < 1.29 is 9.90 Å². The van der Waals surface area contributed by atoms with Crippen molar-refractivity contribution in [3.8, 4) is 12.3 Å². The quantitative estimate of drug-likeness (QED) is 0.465. The smallest absolute Gasteiger partial charge is 0.238 e. The number of carbonyl (C=O) groups excluding carboxylic acids is 1. The van der Waals surface area contributed by atoms with Crippen LogP contribution in [0.15, 0.2) is 0 Å². The fraction of sp³-hybridized carbons (Fsp3) is 0.625. The minimum atomic E-state index is -0.677. The molecular weight excluding hydrogens is 156 g/mol. The van der Waals surface area contributed by atoms with E-state index in [1.54, 1.807) is 6.92 Å². The van der Waals surface area contributed by atoms with E-state index in [2.05, 4.69) is 11.2 Å². The van der Waals surface area contributed by atoms with Crippen LogP contribution in [0.25, 0.3) is 0 Å². The fourth-order valence-electron chi connectivity index (χ4n) is 0.615. The van der Waals surface area contributed by atoms with E-state index in [0.29, 0.717) is 0 Å². The number of hydrogen-bond acceptors (Lipinski definition) is 3. The molecule has 0 spiro atoms. The Morgan fingerprint density at radius 3 is 2.83 bits per heavy atom. The Hall–Kier alpha value is -1.05. The van der Waals surface area contributed by atoms with Crippen LogP contribution in [0, 0.1) is 12.3 Å². The molecule has 1 amide bonds. The maximum absolute atomic E-state index is 11.1. The second kappa shape index (κ2) is 5.58. The van der Waals surface area contributed by atoms with Crippen molar-refractivity contribution in [3.63, 3.8) is 0 Å². The third-order valence-corrected chi connectivity index (χ3v) is 1.34. The van der Waals surface area contributed by atoms with E-state index in [0.717, 1.165) is 0 Å². The van der Waals surface area contributed by atoms with Crippen molar-refractivity contribution in [2.24, 2.45) is 5.73 Å². The van der Waals surface area contributed by atoms with Gasteiger partial charge in [0, 0.05) is 12.5 Å². The van der Waals surface area contributed by atoms with Crippen LogP contribution >= 0.6 is 0 Å². The summed E-state index contributed by atoms with van der Waals surface area (Å²) in [7, 11) is 0. The highest BCUT2D eigenvalue weighted by atomic mass is 16.3. The molecule has 0 saturated heterocycles. The third kappa shape index (κ3) is 3.96. The van der Waals surface area contributed by atoms with Crippen molar-refractivity contribution in [1.29, 1.82) is 0 Å². The van der Waals surface area contributed by atoms with Crippen LogP contribution in [0.1, 0.15) is 13.3 Å². The number of carbonyl (C=O) groups is 1. The van der Waals surface area contributed by atoms with Crippen molar-refractivity contribution in [3.05, 3.63) is 0 Å². The van der Waals surface area contributed by atoms with Gasteiger partial charge in [0.25, 0.3) is 0 Å². The zero-order chi connectivity index (χ0) is 9.56. The molecule has 0 aromatic carbocycles. The van der Waals surface area contributed by atoms with Gasteiger partial charge in [0.05, 0.1) is 12.6 Å². The summed E-state index contributed by atoms with van der Waals surface area (Å²) in [5.41, 5.74) is 5.39. The molecule has 0 radical (unpaired) electrons. The van der Waals surface area contributed by atoms with Crippen LogP contribution in [0.2, 0.25) is 0 Å². The van der Waals surface area contributed by atoms with E-state index < -0.39 is 6.04 Å². The van der Waals surface area contributed by atoms with Crippen molar-refractivity contribution in [2.45, 2.75) is 25.4 Å². The normalized spacial score (nSPS) is 14.5. The summed E-state index contributed by atoms with van der Waals surface area (Å²) in [6.07, 6.45) is 5.18. The Kier molecular flexibility index (Phi) is 5.09. The van der Waals surface area contributed by atoms with Gasteiger partial charge in [0.1, 0.15) is 0 Å². The first-order valence-electron chi connectivity index (χ1n) is 3.72. The molecule has 68 valence electrons. The molecule has 0 bridgehead atoms. The first-order valence-corrected chi connectivity index (χ1v) is 3.72. The van der Waals surface area contributed by atoms with Gasteiger partial charge in [-0.1, -0.05) is 0 Å². The van der Waals surface area contributed by atoms with Gasteiger partial charge in [-0.2, -0.15) is 0 Å². The summed E-state index contributed by atoms with van der Waals surface area (Å²) in [6.45, 7) is 1.58. The minimum absolute atomic E-state index is 0.103. The van der Waals surface area contributed by atoms with Gasteiger partial charge >= 0.3 is 0 Å². The third-order valence-electron chi connectivity index (χ3n) is 1.34. The molecule has 0 heterocycles. The molecule has 0 saturated carbocycles. The standard InChI is InChI=1S/C8H14N2O2/c1-3-4-7(9)8(12)10-6(2)5-11/h1,6-7,11H,4-5,9H2,2H3,(H,10,12)/t6-,7?/m0/s1. The topological polar surface area (TPSA) is 75.4 Å². The molecule has 2 atom stereocenters. The molecule has 0 aliphatic rings. The number of nitrogens with one attached hydrogen (secondary N) is 1. The van der Waals surface area contributed by atoms with Crippen molar-refractivity contribution in [1.82, 2.24) is 5.32 Å². The molecule has 0 aromatic rings. The molecule has 1 unspecified atom stereocenters. The van der Waals surface area contributed by atoms with Crippen LogP contribution in [0.5, 0.6) is 0 Å². The van der Waals surface area contributed by atoms with Crippen LogP contribution in [-0.4, -0.2) is 29.7 Å². The monoisotopic (exact) mass is 170 g/mol. The molecule has 4 heteroatoms. The van der Waals surface area contributed by atoms with E-state index in [1.807, 2.05) is 0 Å². The maximum atomic E-state index is 11.1. The molecule has 0 aliphatic carbocycles. The summed E-state index contributed by atoms with van der Waals surface area (Å²) in [6, 6.07) is -0.953. The van der Waals surface area contributed by atoms with Gasteiger partial charge in [0.15, 0.2) is 0 Å². The molecular formula is C8H14N2O2. The molecule has 0 aliphatic heterocycles. The summed E-state index contributed by atoms with van der Waals surface area (Å²) in [4.78, 5) is 11.1. The lowest BCUT2D eigenvalue weighted by molar-refractivity contribution is -0.123. The number of aliphatic hydroxyl groups excluding tert-OH is 1. The Balaban J connectivity index is 3.80.